The molecule has 2 aliphatic rings. The molecule has 2 fully saturated rings. The van der Waals surface area contributed by atoms with Crippen LogP contribution in [0.25, 0.3) is 0 Å². The lowest BCUT2D eigenvalue weighted by molar-refractivity contribution is -0.132. The van der Waals surface area contributed by atoms with E-state index >= 15 is 0 Å². The summed E-state index contributed by atoms with van der Waals surface area (Å²) in [5.74, 6) is 1.35. The molecule has 0 bridgehead atoms. The minimum absolute atomic E-state index is 0.0784. The van der Waals surface area contributed by atoms with Crippen molar-refractivity contribution in [2.24, 2.45) is 0 Å². The predicted molar refractivity (Wildman–Crippen MR) is 79.0 cm³/mol. The van der Waals surface area contributed by atoms with Gasteiger partial charge in [0.05, 0.1) is 12.1 Å². The lowest BCUT2D eigenvalue weighted by atomic mass is 10.1. The Morgan fingerprint density at radius 2 is 2.14 bits per heavy atom. The highest BCUT2D eigenvalue weighted by Gasteiger charge is 2.35. The second-order valence-electron chi connectivity index (χ2n) is 6.27. The molecule has 0 aliphatic carbocycles. The number of carbonyl (C=O) groups is 1. The molecule has 22 heavy (non-hydrogen) atoms. The Balaban J connectivity index is 1.57. The number of aromatic nitrogens is 2. The average molecular weight is 308 g/mol. The smallest absolute Gasteiger partial charge is 0.244 e. The molecule has 1 N–H and O–H groups in total. The van der Waals surface area contributed by atoms with Crippen molar-refractivity contribution in [2.45, 2.75) is 51.2 Å². The standard InChI is InChI=1S/C15H24N4O3/c1-11-16-15(22-17-11)13-9-12(20)10-19(13)8-5-14(21)18-6-3-2-4-7-18/h12-13,20H,2-10H2,1H3/t12-,13+/m0/s1. The van der Waals surface area contributed by atoms with Gasteiger partial charge in [-0.15, -0.1) is 0 Å². The zero-order valence-corrected chi connectivity index (χ0v) is 13.1. The van der Waals surface area contributed by atoms with Crippen LogP contribution in [0, 0.1) is 6.92 Å². The van der Waals surface area contributed by atoms with E-state index in [1.807, 2.05) is 4.90 Å². The second kappa shape index (κ2) is 6.75. The van der Waals surface area contributed by atoms with Gasteiger partial charge in [0.2, 0.25) is 11.8 Å². The molecule has 0 aromatic carbocycles. The number of hydrogen-bond donors (Lipinski definition) is 1. The van der Waals surface area contributed by atoms with Crippen LogP contribution in [0.1, 0.15) is 49.9 Å². The Hall–Kier alpha value is -1.47. The first-order chi connectivity index (χ1) is 10.6. The molecule has 7 nitrogen and oxygen atoms in total. The van der Waals surface area contributed by atoms with Crippen LogP contribution in [0.5, 0.6) is 0 Å². The van der Waals surface area contributed by atoms with E-state index in [4.69, 9.17) is 4.52 Å². The number of β-amino-alcohol motifs (C(OH)–C–C–N with tert-alkyl or cyclic N) is 1. The van der Waals surface area contributed by atoms with Crippen LogP contribution in [0.3, 0.4) is 0 Å². The van der Waals surface area contributed by atoms with Crippen molar-refractivity contribution in [3.63, 3.8) is 0 Å². The van der Waals surface area contributed by atoms with Crippen molar-refractivity contribution >= 4 is 5.91 Å². The summed E-state index contributed by atoms with van der Waals surface area (Å²) in [5, 5.41) is 13.7. The number of hydrogen-bond acceptors (Lipinski definition) is 6. The van der Waals surface area contributed by atoms with E-state index in [1.165, 1.54) is 6.42 Å². The number of aliphatic hydroxyl groups excluding tert-OH is 1. The highest BCUT2D eigenvalue weighted by atomic mass is 16.5. The molecule has 3 rings (SSSR count). The summed E-state index contributed by atoms with van der Waals surface area (Å²) in [7, 11) is 0. The Kier molecular flexibility index (Phi) is 4.73. The lowest BCUT2D eigenvalue weighted by Crippen LogP contribution is -2.38. The van der Waals surface area contributed by atoms with E-state index in [0.29, 0.717) is 37.6 Å². The molecule has 2 aliphatic heterocycles. The average Bonchev–Trinajstić information content (AvgIpc) is 3.11. The Morgan fingerprint density at radius 3 is 2.82 bits per heavy atom. The maximum atomic E-state index is 12.3. The van der Waals surface area contributed by atoms with Gasteiger partial charge < -0.3 is 14.5 Å². The lowest BCUT2D eigenvalue weighted by Gasteiger charge is -2.28. The van der Waals surface area contributed by atoms with Crippen molar-refractivity contribution in [3.05, 3.63) is 11.7 Å². The zero-order valence-electron chi connectivity index (χ0n) is 13.1. The molecule has 0 saturated carbocycles. The van der Waals surface area contributed by atoms with Crippen molar-refractivity contribution in [1.82, 2.24) is 19.9 Å². The summed E-state index contributed by atoms with van der Waals surface area (Å²) >= 11 is 0. The maximum Gasteiger partial charge on any atom is 0.244 e. The normalized spacial score (nSPS) is 26.5. The minimum Gasteiger partial charge on any atom is -0.392 e. The molecule has 0 spiro atoms. The summed E-state index contributed by atoms with van der Waals surface area (Å²) in [4.78, 5) is 20.6. The SMILES string of the molecule is Cc1noc([C@H]2C[C@H](O)CN2CCC(=O)N2CCCCC2)n1. The number of carbonyl (C=O) groups excluding carboxylic acids is 1. The van der Waals surface area contributed by atoms with E-state index < -0.39 is 6.10 Å². The third-order valence-corrected chi connectivity index (χ3v) is 4.53. The number of piperidine rings is 1. The molecule has 7 heteroatoms. The zero-order chi connectivity index (χ0) is 15.5. The largest absolute Gasteiger partial charge is 0.392 e. The Bertz CT molecular complexity index is 513. The van der Waals surface area contributed by atoms with Crippen molar-refractivity contribution in [2.75, 3.05) is 26.2 Å². The number of rotatable bonds is 4. The summed E-state index contributed by atoms with van der Waals surface area (Å²) in [6.45, 7) is 4.72. The number of nitrogens with zero attached hydrogens (tertiary/aromatic N) is 4. The van der Waals surface area contributed by atoms with Crippen LogP contribution in [-0.2, 0) is 4.79 Å². The summed E-state index contributed by atoms with van der Waals surface area (Å²) < 4.78 is 5.24. The number of aryl methyl sites for hydroxylation is 1. The molecular formula is C15H24N4O3. The predicted octanol–water partition coefficient (Wildman–Crippen LogP) is 0.888. The van der Waals surface area contributed by atoms with E-state index in [1.54, 1.807) is 6.92 Å². The first-order valence-electron chi connectivity index (χ1n) is 8.13. The summed E-state index contributed by atoms with van der Waals surface area (Å²) in [5.41, 5.74) is 0. The van der Waals surface area contributed by atoms with Gasteiger partial charge in [-0.1, -0.05) is 5.16 Å². The molecule has 0 unspecified atom stereocenters. The van der Waals surface area contributed by atoms with Crippen LogP contribution in [0.15, 0.2) is 4.52 Å². The summed E-state index contributed by atoms with van der Waals surface area (Å²) in [6.07, 6.45) is 4.11. The van der Waals surface area contributed by atoms with Gasteiger partial charge in [-0.3, -0.25) is 9.69 Å². The monoisotopic (exact) mass is 308 g/mol. The molecule has 1 aromatic rings. The van der Waals surface area contributed by atoms with Crippen molar-refractivity contribution in [1.29, 1.82) is 0 Å². The van der Waals surface area contributed by atoms with Gasteiger partial charge in [0, 0.05) is 32.6 Å². The summed E-state index contributed by atoms with van der Waals surface area (Å²) in [6, 6.07) is -0.0784. The van der Waals surface area contributed by atoms with Gasteiger partial charge in [-0.25, -0.2) is 0 Å². The van der Waals surface area contributed by atoms with Crippen molar-refractivity contribution < 1.29 is 14.4 Å². The Morgan fingerprint density at radius 1 is 1.36 bits per heavy atom. The molecule has 2 saturated heterocycles. The quantitative estimate of drug-likeness (QED) is 0.889. The molecule has 1 amide bonds. The third kappa shape index (κ3) is 3.47. The van der Waals surface area contributed by atoms with Gasteiger partial charge in [0.15, 0.2) is 5.82 Å². The first-order valence-corrected chi connectivity index (χ1v) is 8.13. The molecule has 122 valence electrons. The van der Waals surface area contributed by atoms with E-state index in [2.05, 4.69) is 15.0 Å². The molecule has 0 radical (unpaired) electrons. The molecule has 3 heterocycles. The number of aliphatic hydroxyl groups is 1. The fourth-order valence-electron chi connectivity index (χ4n) is 3.37. The van der Waals surface area contributed by atoms with E-state index in [-0.39, 0.29) is 11.9 Å². The molecule has 1 aromatic heterocycles. The molecular weight excluding hydrogens is 284 g/mol. The van der Waals surface area contributed by atoms with Crippen LogP contribution < -0.4 is 0 Å². The third-order valence-electron chi connectivity index (χ3n) is 4.53. The Labute approximate surface area is 130 Å². The van der Waals surface area contributed by atoms with Gasteiger partial charge in [-0.05, 0) is 32.6 Å². The van der Waals surface area contributed by atoms with Gasteiger partial charge in [0.1, 0.15) is 0 Å². The van der Waals surface area contributed by atoms with Crippen LogP contribution in [0.4, 0.5) is 0 Å². The molecule has 2 atom stereocenters. The number of likely N-dealkylation sites (tertiary alicyclic amines) is 2. The fraction of sp³-hybridized carbons (Fsp3) is 0.800. The van der Waals surface area contributed by atoms with Crippen molar-refractivity contribution in [3.8, 4) is 0 Å². The van der Waals surface area contributed by atoms with Crippen LogP contribution in [0.2, 0.25) is 0 Å². The van der Waals surface area contributed by atoms with Gasteiger partial charge in [-0.2, -0.15) is 4.98 Å². The van der Waals surface area contributed by atoms with Crippen LogP contribution in [-0.4, -0.2) is 63.2 Å². The van der Waals surface area contributed by atoms with Gasteiger partial charge in [0.25, 0.3) is 0 Å². The second-order valence-corrected chi connectivity index (χ2v) is 6.27. The van der Waals surface area contributed by atoms with E-state index in [0.717, 1.165) is 25.9 Å². The van der Waals surface area contributed by atoms with Gasteiger partial charge >= 0.3 is 0 Å². The number of amides is 1. The fourth-order valence-corrected chi connectivity index (χ4v) is 3.37. The highest BCUT2D eigenvalue weighted by molar-refractivity contribution is 5.76. The first kappa shape index (κ1) is 15.4. The topological polar surface area (TPSA) is 82.7 Å². The van der Waals surface area contributed by atoms with E-state index in [9.17, 15) is 9.90 Å². The highest BCUT2D eigenvalue weighted by Crippen LogP contribution is 2.31. The maximum absolute atomic E-state index is 12.3. The minimum atomic E-state index is -0.401. The van der Waals surface area contributed by atoms with Crippen LogP contribution >= 0.6 is 0 Å².